The van der Waals surface area contributed by atoms with Crippen molar-refractivity contribution in [3.8, 4) is 5.75 Å². The van der Waals surface area contributed by atoms with Gasteiger partial charge in [-0.3, -0.25) is 4.79 Å². The summed E-state index contributed by atoms with van der Waals surface area (Å²) in [5.74, 6) is -0.605. The first-order valence-electron chi connectivity index (χ1n) is 4.85. The number of hydrogen-bond acceptors (Lipinski definition) is 2. The van der Waals surface area contributed by atoms with Crippen molar-refractivity contribution in [1.82, 2.24) is 0 Å². The molecular weight excluding hydrogens is 301 g/mol. The third kappa shape index (κ3) is 4.03. The smallest absolute Gasteiger partial charge is 0.405 e. The highest BCUT2D eigenvalue weighted by Gasteiger charge is 2.32. The zero-order valence-corrected chi connectivity index (χ0v) is 10.6. The minimum atomic E-state index is -4.75. The second-order valence-corrected chi connectivity index (χ2v) is 3.84. The molecule has 0 aromatic heterocycles. The Hall–Kier alpha value is -1.04. The Balaban J connectivity index is 3.11. The number of ether oxygens (including phenoxy) is 1. The van der Waals surface area contributed by atoms with Crippen molar-refractivity contribution in [3.05, 3.63) is 29.3 Å². The molecule has 0 fully saturated rings. The predicted molar refractivity (Wildman–Crippen MR) is 60.6 cm³/mol. The SMILES string of the molecule is CCc1ccc(C(=O)CBr)cc1OC(F)(F)F. The van der Waals surface area contributed by atoms with Crippen LogP contribution in [0.1, 0.15) is 22.8 Å². The molecule has 0 heterocycles. The van der Waals surface area contributed by atoms with Crippen molar-refractivity contribution in [2.24, 2.45) is 0 Å². The second kappa shape index (κ2) is 5.53. The van der Waals surface area contributed by atoms with Gasteiger partial charge in [-0.15, -0.1) is 13.2 Å². The molecule has 0 aliphatic rings. The lowest BCUT2D eigenvalue weighted by atomic mass is 10.1. The van der Waals surface area contributed by atoms with Crippen molar-refractivity contribution in [3.63, 3.8) is 0 Å². The molecule has 0 amide bonds. The zero-order valence-electron chi connectivity index (χ0n) is 8.97. The minimum Gasteiger partial charge on any atom is -0.405 e. The highest BCUT2D eigenvalue weighted by molar-refractivity contribution is 9.09. The molecule has 1 aromatic carbocycles. The molecule has 2 nitrogen and oxygen atoms in total. The molecule has 0 saturated heterocycles. The fourth-order valence-corrected chi connectivity index (χ4v) is 1.64. The predicted octanol–water partition coefficient (Wildman–Crippen LogP) is 3.73. The number of carbonyl (C=O) groups excluding carboxylic acids is 1. The Bertz CT molecular complexity index is 416. The van der Waals surface area contributed by atoms with Crippen molar-refractivity contribution in [2.75, 3.05) is 5.33 Å². The molecule has 0 aliphatic carbocycles. The van der Waals surface area contributed by atoms with Crippen LogP contribution in [0.3, 0.4) is 0 Å². The lowest BCUT2D eigenvalue weighted by Gasteiger charge is -2.13. The van der Waals surface area contributed by atoms with E-state index in [4.69, 9.17) is 0 Å². The molecule has 0 unspecified atom stereocenters. The first-order valence-corrected chi connectivity index (χ1v) is 5.97. The molecule has 0 saturated carbocycles. The number of halogens is 4. The summed E-state index contributed by atoms with van der Waals surface area (Å²) in [6.07, 6.45) is -4.35. The molecule has 1 aromatic rings. The number of benzene rings is 1. The van der Waals surface area contributed by atoms with Crippen LogP contribution in [-0.4, -0.2) is 17.5 Å². The number of alkyl halides is 4. The maximum Gasteiger partial charge on any atom is 0.573 e. The Morgan fingerprint density at radius 1 is 1.41 bits per heavy atom. The number of ketones is 1. The third-order valence-electron chi connectivity index (χ3n) is 2.12. The fraction of sp³-hybridized carbons (Fsp3) is 0.364. The van der Waals surface area contributed by atoms with E-state index in [2.05, 4.69) is 20.7 Å². The molecule has 17 heavy (non-hydrogen) atoms. The average molecular weight is 311 g/mol. The van der Waals surface area contributed by atoms with Crippen LogP contribution in [0.2, 0.25) is 0 Å². The number of aryl methyl sites for hydroxylation is 1. The summed E-state index contributed by atoms with van der Waals surface area (Å²) < 4.78 is 40.4. The second-order valence-electron chi connectivity index (χ2n) is 3.28. The molecule has 0 atom stereocenters. The van der Waals surface area contributed by atoms with Gasteiger partial charge in [-0.2, -0.15) is 0 Å². The van der Waals surface area contributed by atoms with Crippen molar-refractivity contribution in [1.29, 1.82) is 0 Å². The summed E-state index contributed by atoms with van der Waals surface area (Å²) in [5, 5.41) is 0.0595. The van der Waals surface area contributed by atoms with E-state index in [9.17, 15) is 18.0 Å². The number of carbonyl (C=O) groups is 1. The van der Waals surface area contributed by atoms with Crippen LogP contribution >= 0.6 is 15.9 Å². The van der Waals surface area contributed by atoms with Gasteiger partial charge in [0.25, 0.3) is 0 Å². The van der Waals surface area contributed by atoms with Gasteiger partial charge in [0, 0.05) is 5.56 Å². The summed E-state index contributed by atoms with van der Waals surface area (Å²) in [7, 11) is 0. The van der Waals surface area contributed by atoms with Crippen molar-refractivity contribution in [2.45, 2.75) is 19.7 Å². The van der Waals surface area contributed by atoms with Crippen LogP contribution in [-0.2, 0) is 6.42 Å². The lowest BCUT2D eigenvalue weighted by molar-refractivity contribution is -0.274. The molecule has 1 rings (SSSR count). The van der Waals surface area contributed by atoms with Crippen LogP contribution in [0.5, 0.6) is 5.75 Å². The number of rotatable bonds is 4. The van der Waals surface area contributed by atoms with E-state index in [1.54, 1.807) is 6.92 Å². The van der Waals surface area contributed by atoms with Gasteiger partial charge in [-0.25, -0.2) is 0 Å². The highest BCUT2D eigenvalue weighted by atomic mass is 79.9. The molecule has 0 aliphatic heterocycles. The fourth-order valence-electron chi connectivity index (χ4n) is 1.32. The van der Waals surface area contributed by atoms with Crippen LogP contribution in [0.15, 0.2) is 18.2 Å². The van der Waals surface area contributed by atoms with Gasteiger partial charge in [-0.05, 0) is 18.1 Å². The Labute approximate surface area is 105 Å². The first kappa shape index (κ1) is 14.0. The van der Waals surface area contributed by atoms with E-state index < -0.39 is 6.36 Å². The van der Waals surface area contributed by atoms with E-state index in [1.807, 2.05) is 0 Å². The lowest BCUT2D eigenvalue weighted by Crippen LogP contribution is -2.18. The van der Waals surface area contributed by atoms with Gasteiger partial charge in [0.1, 0.15) is 5.75 Å². The van der Waals surface area contributed by atoms with E-state index in [-0.39, 0.29) is 22.4 Å². The van der Waals surface area contributed by atoms with Gasteiger partial charge in [-0.1, -0.05) is 35.0 Å². The van der Waals surface area contributed by atoms with Crippen LogP contribution in [0.25, 0.3) is 0 Å². The molecule has 94 valence electrons. The summed E-state index contributed by atoms with van der Waals surface area (Å²) >= 11 is 2.96. The Morgan fingerprint density at radius 2 is 2.06 bits per heavy atom. The van der Waals surface area contributed by atoms with E-state index in [0.717, 1.165) is 6.07 Å². The van der Waals surface area contributed by atoms with Crippen LogP contribution in [0.4, 0.5) is 13.2 Å². The maximum atomic E-state index is 12.2. The Kier molecular flexibility index (Phi) is 4.56. The monoisotopic (exact) mass is 310 g/mol. The topological polar surface area (TPSA) is 26.3 Å². The Morgan fingerprint density at radius 3 is 2.53 bits per heavy atom. The first-order chi connectivity index (χ1) is 7.87. The van der Waals surface area contributed by atoms with Gasteiger partial charge >= 0.3 is 6.36 Å². The zero-order chi connectivity index (χ0) is 13.1. The quantitative estimate of drug-likeness (QED) is 0.626. The molecule has 0 spiro atoms. The molecule has 0 N–H and O–H groups in total. The normalized spacial score (nSPS) is 11.4. The molecule has 0 radical (unpaired) electrons. The van der Waals surface area contributed by atoms with Gasteiger partial charge < -0.3 is 4.74 Å². The average Bonchev–Trinajstić information content (AvgIpc) is 2.25. The van der Waals surface area contributed by atoms with Gasteiger partial charge in [0.2, 0.25) is 0 Å². The summed E-state index contributed by atoms with van der Waals surface area (Å²) in [6.45, 7) is 1.71. The minimum absolute atomic E-state index is 0.0595. The summed E-state index contributed by atoms with van der Waals surface area (Å²) in [6, 6.07) is 4.08. The molecular formula is C11H10BrF3O2. The standard InChI is InChI=1S/C11H10BrF3O2/c1-2-7-3-4-8(9(16)6-12)5-10(7)17-11(13,14)15/h3-5H,2,6H2,1H3. The third-order valence-corrected chi connectivity index (χ3v) is 2.63. The van der Waals surface area contributed by atoms with Crippen LogP contribution < -0.4 is 4.74 Å². The van der Waals surface area contributed by atoms with E-state index in [1.165, 1.54) is 12.1 Å². The van der Waals surface area contributed by atoms with Crippen molar-refractivity contribution < 1.29 is 22.7 Å². The van der Waals surface area contributed by atoms with E-state index >= 15 is 0 Å². The number of Topliss-reactive ketones (excluding diaryl/α,β-unsaturated/α-hetero) is 1. The maximum absolute atomic E-state index is 12.2. The number of hydrogen-bond donors (Lipinski definition) is 0. The summed E-state index contributed by atoms with van der Waals surface area (Å²) in [4.78, 5) is 11.3. The molecule has 6 heteroatoms. The largest absolute Gasteiger partial charge is 0.573 e. The van der Waals surface area contributed by atoms with Crippen molar-refractivity contribution >= 4 is 21.7 Å². The summed E-state index contributed by atoms with van der Waals surface area (Å²) in [5.41, 5.74) is 0.603. The highest BCUT2D eigenvalue weighted by Crippen LogP contribution is 2.28. The van der Waals surface area contributed by atoms with Gasteiger partial charge in [0.15, 0.2) is 5.78 Å². The van der Waals surface area contributed by atoms with Crippen LogP contribution in [0, 0.1) is 0 Å². The van der Waals surface area contributed by atoms with Gasteiger partial charge in [0.05, 0.1) is 5.33 Å². The molecule has 0 bridgehead atoms. The van der Waals surface area contributed by atoms with E-state index in [0.29, 0.717) is 12.0 Å².